The van der Waals surface area contributed by atoms with Gasteiger partial charge in [0.15, 0.2) is 5.58 Å². The topological polar surface area (TPSA) is 101 Å². The summed E-state index contributed by atoms with van der Waals surface area (Å²) in [5.74, 6) is 0. The van der Waals surface area contributed by atoms with Crippen molar-refractivity contribution in [3.63, 3.8) is 0 Å². The highest BCUT2D eigenvalue weighted by Gasteiger charge is 2.32. The van der Waals surface area contributed by atoms with Crippen LogP contribution in [0.4, 0.5) is 10.8 Å². The van der Waals surface area contributed by atoms with Gasteiger partial charge in [0.1, 0.15) is 10.8 Å². The van der Waals surface area contributed by atoms with Crippen LogP contribution in [-0.2, 0) is 4.74 Å². The van der Waals surface area contributed by atoms with Gasteiger partial charge in [0.2, 0.25) is 5.65 Å². The van der Waals surface area contributed by atoms with Crippen LogP contribution in [0.1, 0.15) is 27.2 Å². The lowest BCUT2D eigenvalue weighted by Crippen LogP contribution is -2.52. The van der Waals surface area contributed by atoms with E-state index in [4.69, 9.17) is 20.8 Å². The lowest BCUT2D eigenvalue weighted by Gasteiger charge is -2.36. The smallest absolute Gasteiger partial charge is 0.410 e. The number of piperidine rings is 1. The lowest BCUT2D eigenvalue weighted by atomic mass is 10.0. The number of hydrogen-bond acceptors (Lipinski definition) is 7. The molecule has 1 amide bonds. The molecule has 1 fully saturated rings. The first kappa shape index (κ1) is 17.8. The number of aromatic nitrogens is 2. The Hall–Kier alpha value is -2.06. The molecule has 0 spiro atoms. The summed E-state index contributed by atoms with van der Waals surface area (Å²) in [5.41, 5.74) is 0.316. The Balaban J connectivity index is 1.69. The Morgan fingerprint density at radius 2 is 2.16 bits per heavy atom. The largest absolute Gasteiger partial charge is 0.444 e. The monoisotopic (exact) mass is 368 g/mol. The molecular weight excluding hydrogens is 348 g/mol. The summed E-state index contributed by atoms with van der Waals surface area (Å²) in [6.45, 7) is 6.02. The first-order valence-electron chi connectivity index (χ1n) is 8.05. The van der Waals surface area contributed by atoms with Crippen LogP contribution in [0.15, 0.2) is 16.5 Å². The van der Waals surface area contributed by atoms with Gasteiger partial charge in [-0.3, -0.25) is 0 Å². The maximum atomic E-state index is 12.2. The molecule has 8 nitrogen and oxygen atoms in total. The van der Waals surface area contributed by atoms with Crippen molar-refractivity contribution in [3.05, 3.63) is 17.3 Å². The van der Waals surface area contributed by atoms with Gasteiger partial charge < -0.3 is 24.5 Å². The number of pyridine rings is 1. The molecular formula is C16H21ClN4O4. The predicted molar refractivity (Wildman–Crippen MR) is 92.7 cm³/mol. The Bertz CT molecular complexity index is 773. The summed E-state index contributed by atoms with van der Waals surface area (Å²) in [6.07, 6.45) is -0.647. The molecule has 0 aliphatic carbocycles. The minimum atomic E-state index is -0.657. The standard InChI is InChI=1S/C16H21ClN4O4/c1-16(2,3)25-15(23)21-7-9(6-10(22)8-21)18-14-20-13-11(24-14)4-5-12(17)19-13/h4-5,9-10,22H,6-8H2,1-3H3,(H,18,19,20)/t9-,10-/m1/s1. The summed E-state index contributed by atoms with van der Waals surface area (Å²) < 4.78 is 10.9. The zero-order valence-electron chi connectivity index (χ0n) is 14.3. The molecule has 2 N–H and O–H groups in total. The molecule has 0 bridgehead atoms. The van der Waals surface area contributed by atoms with E-state index in [9.17, 15) is 9.90 Å². The molecule has 2 aromatic heterocycles. The first-order valence-corrected chi connectivity index (χ1v) is 8.43. The molecule has 1 aliphatic heterocycles. The van der Waals surface area contributed by atoms with Gasteiger partial charge in [-0.2, -0.15) is 4.98 Å². The molecule has 0 radical (unpaired) electrons. The number of anilines is 1. The maximum Gasteiger partial charge on any atom is 0.410 e. The zero-order chi connectivity index (χ0) is 18.2. The van der Waals surface area contributed by atoms with Crippen LogP contribution in [0, 0.1) is 0 Å². The second kappa shape index (κ2) is 6.68. The molecule has 0 aromatic carbocycles. The summed E-state index contributed by atoms with van der Waals surface area (Å²) in [4.78, 5) is 22.0. The number of aliphatic hydroxyl groups is 1. The van der Waals surface area contributed by atoms with E-state index in [1.54, 1.807) is 32.9 Å². The van der Waals surface area contributed by atoms with Crippen LogP contribution in [0.3, 0.4) is 0 Å². The van der Waals surface area contributed by atoms with E-state index in [0.29, 0.717) is 29.3 Å². The Morgan fingerprint density at radius 1 is 1.40 bits per heavy atom. The molecule has 0 saturated carbocycles. The first-order chi connectivity index (χ1) is 11.7. The number of nitrogens with zero attached hydrogens (tertiary/aromatic N) is 3. The molecule has 2 atom stereocenters. The quantitative estimate of drug-likeness (QED) is 0.786. The number of nitrogens with one attached hydrogen (secondary N) is 1. The minimum absolute atomic E-state index is 0.222. The van der Waals surface area contributed by atoms with Crippen molar-refractivity contribution in [1.29, 1.82) is 0 Å². The molecule has 0 unspecified atom stereocenters. The summed E-state index contributed by atoms with van der Waals surface area (Å²) in [5, 5.41) is 13.5. The third-order valence-corrected chi connectivity index (χ3v) is 3.84. The van der Waals surface area contributed by atoms with Gasteiger partial charge in [-0.25, -0.2) is 9.78 Å². The molecule has 1 aliphatic rings. The Labute approximate surface area is 150 Å². The Kier molecular flexibility index (Phi) is 4.75. The van der Waals surface area contributed by atoms with Crippen molar-refractivity contribution >= 4 is 34.9 Å². The second-order valence-electron chi connectivity index (χ2n) is 7.09. The number of carbonyl (C=O) groups excluding carboxylic acids is 1. The highest BCUT2D eigenvalue weighted by molar-refractivity contribution is 6.29. The van der Waals surface area contributed by atoms with Crippen LogP contribution < -0.4 is 5.32 Å². The number of rotatable bonds is 2. The van der Waals surface area contributed by atoms with E-state index in [0.717, 1.165) is 0 Å². The van der Waals surface area contributed by atoms with Gasteiger partial charge in [0.05, 0.1) is 18.7 Å². The highest BCUT2D eigenvalue weighted by Crippen LogP contribution is 2.22. The number of aliphatic hydroxyl groups excluding tert-OH is 1. The number of ether oxygens (including phenoxy) is 1. The maximum absolute atomic E-state index is 12.2. The van der Waals surface area contributed by atoms with E-state index in [-0.39, 0.29) is 18.6 Å². The van der Waals surface area contributed by atoms with Crippen LogP contribution in [-0.4, -0.2) is 56.9 Å². The summed E-state index contributed by atoms with van der Waals surface area (Å²) >= 11 is 5.84. The van der Waals surface area contributed by atoms with Crippen LogP contribution in [0.25, 0.3) is 11.2 Å². The van der Waals surface area contributed by atoms with Crippen molar-refractivity contribution < 1.29 is 19.1 Å². The number of fused-ring (bicyclic) bond motifs is 1. The van der Waals surface area contributed by atoms with Crippen molar-refractivity contribution in [2.45, 2.75) is 44.9 Å². The van der Waals surface area contributed by atoms with E-state index < -0.39 is 17.8 Å². The van der Waals surface area contributed by atoms with Gasteiger partial charge in [-0.15, -0.1) is 0 Å². The van der Waals surface area contributed by atoms with Crippen molar-refractivity contribution in [1.82, 2.24) is 14.9 Å². The van der Waals surface area contributed by atoms with E-state index >= 15 is 0 Å². The minimum Gasteiger partial charge on any atom is -0.444 e. The van der Waals surface area contributed by atoms with Gasteiger partial charge >= 0.3 is 6.09 Å². The lowest BCUT2D eigenvalue weighted by molar-refractivity contribution is 0.00167. The highest BCUT2D eigenvalue weighted by atomic mass is 35.5. The zero-order valence-corrected chi connectivity index (χ0v) is 15.1. The number of likely N-dealkylation sites (tertiary alicyclic amines) is 1. The summed E-state index contributed by atoms with van der Waals surface area (Å²) in [6, 6.07) is 3.35. The number of halogens is 1. The molecule has 25 heavy (non-hydrogen) atoms. The third kappa shape index (κ3) is 4.52. The molecule has 2 aromatic rings. The van der Waals surface area contributed by atoms with Gasteiger partial charge in [-0.05, 0) is 39.3 Å². The molecule has 3 rings (SSSR count). The van der Waals surface area contributed by atoms with Gasteiger partial charge in [0, 0.05) is 6.54 Å². The third-order valence-electron chi connectivity index (χ3n) is 3.63. The number of carbonyl (C=O) groups is 1. The molecule has 136 valence electrons. The second-order valence-corrected chi connectivity index (χ2v) is 7.48. The van der Waals surface area contributed by atoms with E-state index in [1.807, 2.05) is 0 Å². The fraction of sp³-hybridized carbons (Fsp3) is 0.562. The number of hydrogen-bond donors (Lipinski definition) is 2. The fourth-order valence-corrected chi connectivity index (χ4v) is 2.83. The van der Waals surface area contributed by atoms with Gasteiger partial charge in [0.25, 0.3) is 6.01 Å². The average molecular weight is 369 g/mol. The van der Waals surface area contributed by atoms with Crippen molar-refractivity contribution in [3.8, 4) is 0 Å². The number of amides is 1. The Morgan fingerprint density at radius 3 is 2.88 bits per heavy atom. The summed E-state index contributed by atoms with van der Waals surface area (Å²) in [7, 11) is 0. The van der Waals surface area contributed by atoms with Crippen LogP contribution in [0.5, 0.6) is 0 Å². The van der Waals surface area contributed by atoms with Crippen LogP contribution in [0.2, 0.25) is 5.15 Å². The predicted octanol–water partition coefficient (Wildman–Crippen LogP) is 2.66. The van der Waals surface area contributed by atoms with Gasteiger partial charge in [-0.1, -0.05) is 11.6 Å². The van der Waals surface area contributed by atoms with Crippen molar-refractivity contribution in [2.24, 2.45) is 0 Å². The molecule has 3 heterocycles. The molecule has 9 heteroatoms. The SMILES string of the molecule is CC(C)(C)OC(=O)N1C[C@H](O)C[C@@H](Nc2nc3nc(Cl)ccc3o2)C1. The number of oxazole rings is 1. The van der Waals surface area contributed by atoms with Crippen molar-refractivity contribution in [2.75, 3.05) is 18.4 Å². The average Bonchev–Trinajstić information content (AvgIpc) is 2.86. The normalized spacial score (nSPS) is 21.4. The number of β-amino-alcohol motifs (C(OH)–C–C–N with tert-alkyl or cyclic N) is 1. The van der Waals surface area contributed by atoms with E-state index in [2.05, 4.69) is 15.3 Å². The van der Waals surface area contributed by atoms with Crippen LogP contribution >= 0.6 is 11.6 Å². The van der Waals surface area contributed by atoms with E-state index in [1.165, 1.54) is 4.90 Å². The molecule has 1 saturated heterocycles. The fourth-order valence-electron chi connectivity index (χ4n) is 2.68.